The van der Waals surface area contributed by atoms with Gasteiger partial charge in [-0.15, -0.1) is 0 Å². The number of amides is 1. The number of hydrogen-bond donors (Lipinski definition) is 2. The summed E-state index contributed by atoms with van der Waals surface area (Å²) in [5.74, 6) is -0.274. The van der Waals surface area contributed by atoms with Crippen molar-refractivity contribution >= 4 is 5.91 Å². The molecule has 4 nitrogen and oxygen atoms in total. The topological polar surface area (TPSA) is 72.6 Å². The highest BCUT2D eigenvalue weighted by Crippen LogP contribution is 2.07. The van der Waals surface area contributed by atoms with E-state index in [1.54, 1.807) is 0 Å². The van der Waals surface area contributed by atoms with Crippen LogP contribution in [0.2, 0.25) is 0 Å². The number of primary amides is 1. The zero-order valence-corrected chi connectivity index (χ0v) is 12.0. The molecule has 0 saturated heterocycles. The van der Waals surface area contributed by atoms with Gasteiger partial charge in [-0.05, 0) is 31.2 Å². The molecule has 1 amide bonds. The van der Waals surface area contributed by atoms with Crippen LogP contribution in [0, 0.1) is 0 Å². The molecular weight excluding hydrogens is 254 g/mol. The van der Waals surface area contributed by atoms with Crippen molar-refractivity contribution in [2.75, 3.05) is 13.2 Å². The highest BCUT2D eigenvalue weighted by atomic mass is 16.5. The third kappa shape index (κ3) is 8.67. The molecule has 0 spiro atoms. The molecule has 3 N–H and O–H groups in total. The second kappa shape index (κ2) is 10.4. The number of nitrogens with two attached hydrogens (primary N) is 1. The van der Waals surface area contributed by atoms with E-state index >= 15 is 0 Å². The predicted octanol–water partition coefficient (Wildman–Crippen LogP) is 2.04. The van der Waals surface area contributed by atoms with Gasteiger partial charge in [0.25, 0.3) is 0 Å². The summed E-state index contributed by atoms with van der Waals surface area (Å²) < 4.78 is 5.52. The van der Waals surface area contributed by atoms with Crippen LogP contribution in [-0.4, -0.2) is 30.3 Å². The molecule has 0 aliphatic carbocycles. The normalized spacial score (nSPS) is 12.2. The van der Waals surface area contributed by atoms with Gasteiger partial charge in [0.1, 0.15) is 0 Å². The number of carbonyl (C=O) groups is 1. The van der Waals surface area contributed by atoms with E-state index in [1.807, 2.05) is 18.2 Å². The van der Waals surface area contributed by atoms with Gasteiger partial charge in [-0.1, -0.05) is 36.8 Å². The lowest BCUT2D eigenvalue weighted by Crippen LogP contribution is -2.13. The van der Waals surface area contributed by atoms with Crippen LogP contribution in [0.4, 0.5) is 0 Å². The summed E-state index contributed by atoms with van der Waals surface area (Å²) in [7, 11) is 0. The summed E-state index contributed by atoms with van der Waals surface area (Å²) in [6.07, 6.45) is 3.88. The van der Waals surface area contributed by atoms with Crippen molar-refractivity contribution in [3.05, 3.63) is 35.9 Å². The molecule has 4 heteroatoms. The molecule has 0 heterocycles. The summed E-state index contributed by atoms with van der Waals surface area (Å²) in [6, 6.07) is 10.2. The van der Waals surface area contributed by atoms with Crippen LogP contribution in [0.1, 0.15) is 37.7 Å². The molecule has 1 atom stereocenters. The molecule has 0 unspecified atom stereocenters. The molecule has 1 rings (SSSR count). The zero-order valence-electron chi connectivity index (χ0n) is 12.0. The van der Waals surface area contributed by atoms with Crippen LogP contribution < -0.4 is 5.73 Å². The molecule has 0 aliphatic heterocycles. The van der Waals surface area contributed by atoms with Crippen molar-refractivity contribution < 1.29 is 14.6 Å². The molecule has 1 aromatic carbocycles. The minimum Gasteiger partial charge on any atom is -0.393 e. The monoisotopic (exact) mass is 279 g/mol. The number of rotatable bonds is 11. The van der Waals surface area contributed by atoms with E-state index in [1.165, 1.54) is 5.56 Å². The van der Waals surface area contributed by atoms with E-state index in [4.69, 9.17) is 10.5 Å². The average Bonchev–Trinajstić information content (AvgIpc) is 2.44. The van der Waals surface area contributed by atoms with Gasteiger partial charge >= 0.3 is 0 Å². The number of benzene rings is 1. The Morgan fingerprint density at radius 1 is 1.15 bits per heavy atom. The summed E-state index contributed by atoms with van der Waals surface area (Å²) in [6.45, 7) is 1.25. The smallest absolute Gasteiger partial charge is 0.217 e. The summed E-state index contributed by atoms with van der Waals surface area (Å²) in [4.78, 5) is 10.5. The Kier molecular flexibility index (Phi) is 8.67. The lowest BCUT2D eigenvalue weighted by atomic mass is 10.1. The molecule has 0 saturated carbocycles. The second-order valence-electron chi connectivity index (χ2n) is 5.00. The molecule has 20 heavy (non-hydrogen) atoms. The first-order chi connectivity index (χ1) is 9.68. The summed E-state index contributed by atoms with van der Waals surface area (Å²) >= 11 is 0. The van der Waals surface area contributed by atoms with Gasteiger partial charge in [0.2, 0.25) is 5.91 Å². The van der Waals surface area contributed by atoms with E-state index in [0.29, 0.717) is 32.5 Å². The molecule has 0 fully saturated rings. The molecule has 112 valence electrons. The number of carbonyl (C=O) groups excluding carboxylic acids is 1. The zero-order chi connectivity index (χ0) is 14.6. The van der Waals surface area contributed by atoms with E-state index in [9.17, 15) is 9.90 Å². The van der Waals surface area contributed by atoms with Crippen molar-refractivity contribution in [3.8, 4) is 0 Å². The lowest BCUT2D eigenvalue weighted by Gasteiger charge is -2.10. The number of hydrogen-bond acceptors (Lipinski definition) is 3. The highest BCUT2D eigenvalue weighted by molar-refractivity contribution is 5.73. The Bertz CT molecular complexity index is 367. The van der Waals surface area contributed by atoms with E-state index < -0.39 is 0 Å². The summed E-state index contributed by atoms with van der Waals surface area (Å²) in [5.41, 5.74) is 6.31. The Balaban J connectivity index is 1.94. The quantitative estimate of drug-likeness (QED) is 0.609. The minimum absolute atomic E-state index is 0.274. The first kappa shape index (κ1) is 16.7. The van der Waals surface area contributed by atoms with Crippen molar-refractivity contribution in [1.29, 1.82) is 0 Å². The van der Waals surface area contributed by atoms with Crippen LogP contribution >= 0.6 is 0 Å². The van der Waals surface area contributed by atoms with Gasteiger partial charge in [0, 0.05) is 13.0 Å². The van der Waals surface area contributed by atoms with Crippen molar-refractivity contribution in [1.82, 2.24) is 0 Å². The van der Waals surface area contributed by atoms with Gasteiger partial charge < -0.3 is 15.6 Å². The fraction of sp³-hybridized carbons (Fsp3) is 0.562. The van der Waals surface area contributed by atoms with E-state index in [2.05, 4.69) is 12.1 Å². The van der Waals surface area contributed by atoms with Crippen LogP contribution in [0.3, 0.4) is 0 Å². The maximum atomic E-state index is 10.5. The van der Waals surface area contributed by atoms with E-state index in [-0.39, 0.29) is 12.0 Å². The molecule has 0 aromatic heterocycles. The van der Waals surface area contributed by atoms with Crippen molar-refractivity contribution in [3.63, 3.8) is 0 Å². The van der Waals surface area contributed by atoms with Crippen molar-refractivity contribution in [2.45, 2.75) is 44.6 Å². The van der Waals surface area contributed by atoms with Gasteiger partial charge in [0.15, 0.2) is 0 Å². The van der Waals surface area contributed by atoms with Gasteiger partial charge in [0.05, 0.1) is 12.7 Å². The van der Waals surface area contributed by atoms with Crippen LogP contribution in [0.15, 0.2) is 30.3 Å². The third-order valence-corrected chi connectivity index (χ3v) is 3.18. The Labute approximate surface area is 120 Å². The van der Waals surface area contributed by atoms with Crippen LogP contribution in [-0.2, 0) is 16.0 Å². The molecule has 0 bridgehead atoms. The average molecular weight is 279 g/mol. The van der Waals surface area contributed by atoms with Gasteiger partial charge in [-0.25, -0.2) is 0 Å². The van der Waals surface area contributed by atoms with E-state index in [0.717, 1.165) is 19.3 Å². The van der Waals surface area contributed by atoms with Crippen LogP contribution in [0.5, 0.6) is 0 Å². The minimum atomic E-state index is -0.348. The SMILES string of the molecule is NC(=O)CCCC[C@@H](O)CCOCCc1ccccc1. The van der Waals surface area contributed by atoms with Gasteiger partial charge in [-0.3, -0.25) is 4.79 Å². The summed E-state index contributed by atoms with van der Waals surface area (Å²) in [5, 5.41) is 9.73. The molecule has 1 aromatic rings. The number of aliphatic hydroxyl groups excluding tert-OH is 1. The number of aliphatic hydroxyl groups is 1. The third-order valence-electron chi connectivity index (χ3n) is 3.18. The van der Waals surface area contributed by atoms with Crippen LogP contribution in [0.25, 0.3) is 0 Å². The fourth-order valence-corrected chi connectivity index (χ4v) is 1.98. The fourth-order valence-electron chi connectivity index (χ4n) is 1.98. The lowest BCUT2D eigenvalue weighted by molar-refractivity contribution is -0.118. The Morgan fingerprint density at radius 2 is 1.90 bits per heavy atom. The second-order valence-corrected chi connectivity index (χ2v) is 5.00. The largest absolute Gasteiger partial charge is 0.393 e. The Hall–Kier alpha value is -1.39. The predicted molar refractivity (Wildman–Crippen MR) is 79.3 cm³/mol. The highest BCUT2D eigenvalue weighted by Gasteiger charge is 2.04. The maximum Gasteiger partial charge on any atom is 0.217 e. The standard InChI is InChI=1S/C16H25NO3/c17-16(19)9-5-4-8-15(18)11-13-20-12-10-14-6-2-1-3-7-14/h1-3,6-7,15,18H,4-5,8-13H2,(H2,17,19)/t15-/m1/s1. The number of unbranched alkanes of at least 4 members (excludes halogenated alkanes) is 1. The first-order valence-electron chi connectivity index (χ1n) is 7.26. The van der Waals surface area contributed by atoms with Gasteiger partial charge in [-0.2, -0.15) is 0 Å². The Morgan fingerprint density at radius 3 is 2.60 bits per heavy atom. The molecule has 0 radical (unpaired) electrons. The number of ether oxygens (including phenoxy) is 1. The molecular formula is C16H25NO3. The first-order valence-corrected chi connectivity index (χ1v) is 7.26. The maximum absolute atomic E-state index is 10.5. The molecule has 0 aliphatic rings. The van der Waals surface area contributed by atoms with Crippen molar-refractivity contribution in [2.24, 2.45) is 5.73 Å².